The normalized spacial score (nSPS) is 12.9. The van der Waals surface area contributed by atoms with Crippen molar-refractivity contribution in [2.24, 2.45) is 0 Å². The van der Waals surface area contributed by atoms with E-state index >= 15 is 0 Å². The number of carbonyl (C=O) groups excluding carboxylic acids is 2. The smallest absolute Gasteiger partial charge is 0.306 e. The summed E-state index contributed by atoms with van der Waals surface area (Å²) in [6.07, 6.45) is 111. The molecule has 0 bridgehead atoms. The van der Waals surface area contributed by atoms with Gasteiger partial charge in [-0.3, -0.25) is 9.59 Å². The molecular weight excluding hydrogens is 1050 g/mol. The largest absolute Gasteiger partial charge is 0.462 e. The number of esters is 2. The molecule has 0 saturated carbocycles. The first-order valence-electron chi connectivity index (χ1n) is 37.1. The molecule has 0 amide bonds. The van der Waals surface area contributed by atoms with Crippen LogP contribution in [0.3, 0.4) is 0 Å². The van der Waals surface area contributed by atoms with Gasteiger partial charge in [-0.25, -0.2) is 0 Å². The Morgan fingerprint density at radius 2 is 0.500 bits per heavy atom. The lowest BCUT2D eigenvalue weighted by molar-refractivity contribution is -0.161. The molecule has 0 rings (SSSR count). The summed E-state index contributed by atoms with van der Waals surface area (Å²) in [5, 5.41) is 9.72. The Labute approximate surface area is 534 Å². The standard InChI is InChI=1S/C81H140O5/c1-3-5-7-9-11-13-15-17-19-21-23-25-27-29-31-33-35-37-39-40-42-44-46-48-50-52-54-56-58-60-62-64-66-68-70-72-74-76-81(84)86-79(77-82)78-85-80(83)75-73-71-69-67-65-63-61-59-57-55-53-51-49-47-45-43-41-38-36-34-32-30-28-26-24-22-20-18-16-14-12-10-8-6-4-2/h5,7,11,13,16-19,22-25,29,31,35,37,40,42,46,48,79,82H,3-4,6,8-10,12,14-15,20-21,26-28,30,32-34,36,38-39,41,43-45,47,49-78H2,1-2H3/b7-5-,13-11-,18-16-,19-17-,24-22-,25-23-,31-29-,37-35-,42-40-,48-46-. The fourth-order valence-electron chi connectivity index (χ4n) is 10.7. The number of ether oxygens (including phenoxy) is 2. The van der Waals surface area contributed by atoms with Crippen molar-refractivity contribution in [2.45, 2.75) is 367 Å². The van der Waals surface area contributed by atoms with E-state index in [9.17, 15) is 14.7 Å². The topological polar surface area (TPSA) is 72.8 Å². The van der Waals surface area contributed by atoms with Crippen molar-refractivity contribution in [3.63, 3.8) is 0 Å². The number of carbonyl (C=O) groups is 2. The molecule has 0 aliphatic rings. The summed E-state index contributed by atoms with van der Waals surface area (Å²) in [5.41, 5.74) is 0. The van der Waals surface area contributed by atoms with E-state index in [1.54, 1.807) is 0 Å². The predicted molar refractivity (Wildman–Crippen MR) is 380 cm³/mol. The third-order valence-electron chi connectivity index (χ3n) is 16.2. The number of hydrogen-bond acceptors (Lipinski definition) is 5. The number of aliphatic hydroxyl groups is 1. The lowest BCUT2D eigenvalue weighted by Crippen LogP contribution is -2.28. The van der Waals surface area contributed by atoms with Gasteiger partial charge in [0.15, 0.2) is 6.10 Å². The van der Waals surface area contributed by atoms with Crippen LogP contribution in [0.5, 0.6) is 0 Å². The zero-order valence-electron chi connectivity index (χ0n) is 56.8. The van der Waals surface area contributed by atoms with Crippen LogP contribution in [0.4, 0.5) is 0 Å². The van der Waals surface area contributed by atoms with Gasteiger partial charge in [0.25, 0.3) is 0 Å². The summed E-state index contributed by atoms with van der Waals surface area (Å²) in [7, 11) is 0. The summed E-state index contributed by atoms with van der Waals surface area (Å²) >= 11 is 0. The van der Waals surface area contributed by atoms with Crippen LogP contribution in [-0.2, 0) is 19.1 Å². The van der Waals surface area contributed by atoms with Crippen molar-refractivity contribution in [3.05, 3.63) is 122 Å². The maximum Gasteiger partial charge on any atom is 0.306 e. The minimum absolute atomic E-state index is 0.0677. The average Bonchev–Trinajstić information content (AvgIpc) is 3.53. The molecule has 86 heavy (non-hydrogen) atoms. The van der Waals surface area contributed by atoms with E-state index in [1.165, 1.54) is 238 Å². The quantitative estimate of drug-likeness (QED) is 0.0373. The van der Waals surface area contributed by atoms with Gasteiger partial charge in [0.05, 0.1) is 6.61 Å². The maximum atomic E-state index is 12.4. The molecule has 1 unspecified atom stereocenters. The highest BCUT2D eigenvalue weighted by Crippen LogP contribution is 2.18. The van der Waals surface area contributed by atoms with Gasteiger partial charge >= 0.3 is 11.9 Å². The van der Waals surface area contributed by atoms with Crippen molar-refractivity contribution in [1.82, 2.24) is 0 Å². The summed E-state index contributed by atoms with van der Waals surface area (Å²) in [5.74, 6) is -0.582. The van der Waals surface area contributed by atoms with Gasteiger partial charge in [-0.05, 0) is 109 Å². The van der Waals surface area contributed by atoms with Crippen LogP contribution in [0.15, 0.2) is 122 Å². The first-order chi connectivity index (χ1) is 42.6. The first-order valence-corrected chi connectivity index (χ1v) is 37.1. The SMILES string of the molecule is CC/C=C\C/C=C\C/C=C\C/C=C\C/C=C\C/C=C\C/C=C\C/C=C\CCCCCCCCCCCCCCC(=O)OC(CO)COC(=O)CCCCCCCCCCCCCCCCCCCCCCCCC/C=C\C/C=C\CCCCCCC. The Kier molecular flexibility index (Phi) is 72.3. The summed E-state index contributed by atoms with van der Waals surface area (Å²) < 4.78 is 10.8. The number of hydrogen-bond donors (Lipinski definition) is 1. The van der Waals surface area contributed by atoms with E-state index in [2.05, 4.69) is 135 Å². The summed E-state index contributed by atoms with van der Waals surface area (Å²) in [6.45, 7) is 4.05. The van der Waals surface area contributed by atoms with Crippen LogP contribution < -0.4 is 0 Å². The number of rotatable bonds is 68. The van der Waals surface area contributed by atoms with Crippen LogP contribution in [-0.4, -0.2) is 36.4 Å². The molecule has 0 aliphatic carbocycles. The fraction of sp³-hybridized carbons (Fsp3) is 0.728. The van der Waals surface area contributed by atoms with Crippen molar-refractivity contribution < 1.29 is 24.2 Å². The molecule has 0 spiro atoms. The van der Waals surface area contributed by atoms with Crippen molar-refractivity contribution >= 4 is 11.9 Å². The van der Waals surface area contributed by atoms with Crippen molar-refractivity contribution in [2.75, 3.05) is 13.2 Å². The van der Waals surface area contributed by atoms with Crippen LogP contribution in [0.1, 0.15) is 361 Å². The van der Waals surface area contributed by atoms with E-state index < -0.39 is 6.10 Å². The average molecular weight is 1190 g/mol. The third-order valence-corrected chi connectivity index (χ3v) is 16.2. The Bertz CT molecular complexity index is 1690. The monoisotopic (exact) mass is 1190 g/mol. The Morgan fingerprint density at radius 3 is 0.756 bits per heavy atom. The molecule has 0 aliphatic heterocycles. The lowest BCUT2D eigenvalue weighted by Gasteiger charge is -2.15. The van der Waals surface area contributed by atoms with E-state index in [0.717, 1.165) is 96.3 Å². The van der Waals surface area contributed by atoms with Gasteiger partial charge < -0.3 is 14.6 Å². The van der Waals surface area contributed by atoms with Gasteiger partial charge in [0.1, 0.15) is 6.61 Å². The highest BCUT2D eigenvalue weighted by Gasteiger charge is 2.16. The summed E-state index contributed by atoms with van der Waals surface area (Å²) in [6, 6.07) is 0. The molecule has 1 N–H and O–H groups in total. The van der Waals surface area contributed by atoms with E-state index in [0.29, 0.717) is 12.8 Å². The van der Waals surface area contributed by atoms with Gasteiger partial charge in [0.2, 0.25) is 0 Å². The van der Waals surface area contributed by atoms with Crippen LogP contribution in [0.25, 0.3) is 0 Å². The molecule has 0 aromatic rings. The van der Waals surface area contributed by atoms with Gasteiger partial charge in [-0.15, -0.1) is 0 Å². The molecule has 0 aromatic heterocycles. The molecule has 0 fully saturated rings. The molecule has 0 radical (unpaired) electrons. The molecule has 1 atom stereocenters. The van der Waals surface area contributed by atoms with Crippen molar-refractivity contribution in [3.8, 4) is 0 Å². The third kappa shape index (κ3) is 72.8. The Morgan fingerprint density at radius 1 is 0.279 bits per heavy atom. The second kappa shape index (κ2) is 75.5. The van der Waals surface area contributed by atoms with Crippen LogP contribution in [0, 0.1) is 0 Å². The molecule has 494 valence electrons. The zero-order chi connectivity index (χ0) is 61.9. The summed E-state index contributed by atoms with van der Waals surface area (Å²) in [4.78, 5) is 24.7. The zero-order valence-corrected chi connectivity index (χ0v) is 56.8. The maximum absolute atomic E-state index is 12.4. The second-order valence-electron chi connectivity index (χ2n) is 24.6. The lowest BCUT2D eigenvalue weighted by atomic mass is 10.0. The highest BCUT2D eigenvalue weighted by molar-refractivity contribution is 5.70. The molecule has 5 heteroatoms. The minimum Gasteiger partial charge on any atom is -0.462 e. The van der Waals surface area contributed by atoms with E-state index in [4.69, 9.17) is 9.47 Å². The van der Waals surface area contributed by atoms with Gasteiger partial charge in [-0.2, -0.15) is 0 Å². The first kappa shape index (κ1) is 82.3. The number of allylic oxidation sites excluding steroid dienone is 20. The Hall–Kier alpha value is -3.70. The van der Waals surface area contributed by atoms with Crippen molar-refractivity contribution in [1.29, 1.82) is 0 Å². The Balaban J connectivity index is 3.46. The molecule has 0 heterocycles. The fourth-order valence-corrected chi connectivity index (χ4v) is 10.7. The molecule has 0 aromatic carbocycles. The number of aliphatic hydroxyl groups excluding tert-OH is 1. The highest BCUT2D eigenvalue weighted by atomic mass is 16.6. The number of unbranched alkanes of at least 4 members (excludes halogenated alkanes) is 40. The second-order valence-corrected chi connectivity index (χ2v) is 24.6. The molecular formula is C81H140O5. The molecule has 0 saturated heterocycles. The van der Waals surface area contributed by atoms with E-state index in [1.807, 2.05) is 0 Å². The van der Waals surface area contributed by atoms with Gasteiger partial charge in [0, 0.05) is 12.8 Å². The van der Waals surface area contributed by atoms with Crippen LogP contribution in [0.2, 0.25) is 0 Å². The minimum atomic E-state index is -0.780. The van der Waals surface area contributed by atoms with E-state index in [-0.39, 0.29) is 25.2 Å². The van der Waals surface area contributed by atoms with Crippen LogP contribution >= 0.6 is 0 Å². The van der Waals surface area contributed by atoms with Gasteiger partial charge in [-0.1, -0.05) is 360 Å². The molecule has 5 nitrogen and oxygen atoms in total. The predicted octanol–water partition coefficient (Wildman–Crippen LogP) is 26.1.